The Bertz CT molecular complexity index is 748. The van der Waals surface area contributed by atoms with E-state index < -0.39 is 5.91 Å². The van der Waals surface area contributed by atoms with Gasteiger partial charge in [0.05, 0.1) is 11.3 Å². The number of rotatable bonds is 5. The Hall–Kier alpha value is -2.32. The summed E-state index contributed by atoms with van der Waals surface area (Å²) < 4.78 is 0. The molecule has 1 aliphatic carbocycles. The Labute approximate surface area is 133 Å². The van der Waals surface area contributed by atoms with Crippen LogP contribution in [0.2, 0.25) is 0 Å². The van der Waals surface area contributed by atoms with Gasteiger partial charge in [0.1, 0.15) is 11.1 Å². The van der Waals surface area contributed by atoms with Crippen molar-refractivity contribution in [2.75, 3.05) is 5.75 Å². The number of thioether (sulfide) groups is 1. The van der Waals surface area contributed by atoms with Crippen LogP contribution in [0.3, 0.4) is 0 Å². The van der Waals surface area contributed by atoms with Gasteiger partial charge >= 0.3 is 0 Å². The van der Waals surface area contributed by atoms with Crippen LogP contribution in [0, 0.1) is 11.3 Å². The first-order valence-corrected chi connectivity index (χ1v) is 8.09. The molecule has 4 nitrogen and oxygen atoms in total. The molecule has 0 radical (unpaired) electrons. The van der Waals surface area contributed by atoms with Gasteiger partial charge in [0.2, 0.25) is 5.91 Å². The lowest BCUT2D eigenvalue weighted by Gasteiger charge is -2.11. The minimum absolute atomic E-state index is 0.129. The molecule has 0 bridgehead atoms. The Balaban J connectivity index is 2.10. The lowest BCUT2D eigenvalue weighted by atomic mass is 10.0. The van der Waals surface area contributed by atoms with Crippen LogP contribution in [0.1, 0.15) is 30.0 Å². The van der Waals surface area contributed by atoms with E-state index in [1.807, 2.05) is 36.4 Å². The lowest BCUT2D eigenvalue weighted by molar-refractivity contribution is -0.115. The standard InChI is InChI=1S/C17H15N3OS/c18-9-14-13(11-4-2-1-3-5-11)8-15(12-6-7-12)20-17(14)22-10-16(19)21/h1-5,8,12H,6-7,10H2,(H2,19,21). The first kappa shape index (κ1) is 14.6. The van der Waals surface area contributed by atoms with Gasteiger partial charge in [-0.15, -0.1) is 0 Å². The molecule has 0 unspecified atom stereocenters. The van der Waals surface area contributed by atoms with Crippen molar-refractivity contribution in [3.63, 3.8) is 0 Å². The second kappa shape index (κ2) is 6.20. The van der Waals surface area contributed by atoms with Crippen molar-refractivity contribution in [1.29, 1.82) is 5.26 Å². The predicted molar refractivity (Wildman–Crippen MR) is 86.3 cm³/mol. The van der Waals surface area contributed by atoms with Gasteiger partial charge in [-0.3, -0.25) is 4.79 Å². The molecule has 1 saturated carbocycles. The molecule has 2 N–H and O–H groups in total. The summed E-state index contributed by atoms with van der Waals surface area (Å²) in [5.74, 6) is 0.196. The lowest BCUT2D eigenvalue weighted by Crippen LogP contribution is -2.13. The van der Waals surface area contributed by atoms with Gasteiger partial charge in [-0.05, 0) is 24.5 Å². The Morgan fingerprint density at radius 3 is 2.68 bits per heavy atom. The van der Waals surface area contributed by atoms with Gasteiger partial charge in [-0.25, -0.2) is 4.98 Å². The van der Waals surface area contributed by atoms with E-state index in [-0.39, 0.29) is 5.75 Å². The number of carbonyl (C=O) groups excluding carboxylic acids is 1. The molecule has 0 spiro atoms. The second-order valence-electron chi connectivity index (χ2n) is 5.28. The summed E-state index contributed by atoms with van der Waals surface area (Å²) in [5, 5.41) is 10.2. The summed E-state index contributed by atoms with van der Waals surface area (Å²) in [5.41, 5.74) is 8.61. The number of nitriles is 1. The monoisotopic (exact) mass is 309 g/mol. The third-order valence-corrected chi connectivity index (χ3v) is 4.55. The van der Waals surface area contributed by atoms with E-state index in [0.29, 0.717) is 16.5 Å². The maximum Gasteiger partial charge on any atom is 0.227 e. The number of nitrogens with zero attached hydrogens (tertiary/aromatic N) is 2. The fourth-order valence-electron chi connectivity index (χ4n) is 2.33. The molecule has 1 aliphatic rings. The summed E-state index contributed by atoms with van der Waals surface area (Å²) in [7, 11) is 0. The molecule has 1 aromatic carbocycles. The molecule has 0 saturated heterocycles. The quantitative estimate of drug-likeness (QED) is 0.861. The number of aromatic nitrogens is 1. The molecule has 2 aromatic rings. The van der Waals surface area contributed by atoms with Gasteiger partial charge in [-0.2, -0.15) is 5.26 Å². The third kappa shape index (κ3) is 3.12. The average Bonchev–Trinajstić information content (AvgIpc) is 3.37. The van der Waals surface area contributed by atoms with E-state index in [1.54, 1.807) is 0 Å². The van der Waals surface area contributed by atoms with Crippen molar-refractivity contribution in [1.82, 2.24) is 4.98 Å². The van der Waals surface area contributed by atoms with Gasteiger partial charge in [-0.1, -0.05) is 42.1 Å². The zero-order valence-corrected chi connectivity index (χ0v) is 12.8. The number of hydrogen-bond donors (Lipinski definition) is 1. The highest BCUT2D eigenvalue weighted by molar-refractivity contribution is 8.00. The van der Waals surface area contributed by atoms with Crippen molar-refractivity contribution in [2.24, 2.45) is 5.73 Å². The van der Waals surface area contributed by atoms with Crippen molar-refractivity contribution in [3.05, 3.63) is 47.7 Å². The molecule has 22 heavy (non-hydrogen) atoms. The largest absolute Gasteiger partial charge is 0.369 e. The smallest absolute Gasteiger partial charge is 0.227 e. The maximum absolute atomic E-state index is 11.0. The van der Waals surface area contributed by atoms with E-state index in [9.17, 15) is 10.1 Å². The molecule has 0 aliphatic heterocycles. The van der Waals surface area contributed by atoms with Crippen LogP contribution in [0.25, 0.3) is 11.1 Å². The van der Waals surface area contributed by atoms with Crippen LogP contribution >= 0.6 is 11.8 Å². The minimum Gasteiger partial charge on any atom is -0.369 e. The number of pyridine rings is 1. The number of hydrogen-bond acceptors (Lipinski definition) is 4. The molecule has 1 amide bonds. The van der Waals surface area contributed by atoms with Crippen LogP contribution < -0.4 is 5.73 Å². The van der Waals surface area contributed by atoms with Crippen molar-refractivity contribution < 1.29 is 4.79 Å². The average molecular weight is 309 g/mol. The molecule has 0 atom stereocenters. The van der Waals surface area contributed by atoms with Gasteiger partial charge in [0.15, 0.2) is 0 Å². The van der Waals surface area contributed by atoms with Gasteiger partial charge in [0, 0.05) is 17.2 Å². The molecular formula is C17H15N3OS. The number of carbonyl (C=O) groups is 1. The van der Waals surface area contributed by atoms with Crippen LogP contribution in [0.4, 0.5) is 0 Å². The first-order valence-electron chi connectivity index (χ1n) is 7.10. The Kier molecular flexibility index (Phi) is 4.12. The SMILES string of the molecule is N#Cc1c(-c2ccccc2)cc(C2CC2)nc1SCC(N)=O. The van der Waals surface area contributed by atoms with E-state index >= 15 is 0 Å². The minimum atomic E-state index is -0.409. The van der Waals surface area contributed by atoms with E-state index in [1.165, 1.54) is 11.8 Å². The fraction of sp³-hybridized carbons (Fsp3) is 0.235. The van der Waals surface area contributed by atoms with Crippen LogP contribution in [0.15, 0.2) is 41.4 Å². The summed E-state index contributed by atoms with van der Waals surface area (Å²) in [6.07, 6.45) is 2.26. The highest BCUT2D eigenvalue weighted by Crippen LogP contribution is 2.42. The van der Waals surface area contributed by atoms with E-state index in [2.05, 4.69) is 11.1 Å². The topological polar surface area (TPSA) is 79.8 Å². The van der Waals surface area contributed by atoms with Crippen molar-refractivity contribution in [3.8, 4) is 17.2 Å². The van der Waals surface area contributed by atoms with Gasteiger partial charge in [0.25, 0.3) is 0 Å². The zero-order chi connectivity index (χ0) is 15.5. The molecule has 110 valence electrons. The molecule has 3 rings (SSSR count). The first-order chi connectivity index (χ1) is 10.7. The molecule has 1 aromatic heterocycles. The molecule has 1 heterocycles. The highest BCUT2D eigenvalue weighted by Gasteiger charge is 2.27. The fourth-order valence-corrected chi connectivity index (χ4v) is 3.08. The molecular weight excluding hydrogens is 294 g/mol. The number of amides is 1. The van der Waals surface area contributed by atoms with Gasteiger partial charge < -0.3 is 5.73 Å². The normalized spacial score (nSPS) is 13.6. The second-order valence-corrected chi connectivity index (χ2v) is 6.25. The third-order valence-electron chi connectivity index (χ3n) is 3.55. The zero-order valence-electron chi connectivity index (χ0n) is 12.0. The predicted octanol–water partition coefficient (Wildman–Crippen LogP) is 3.08. The van der Waals surface area contributed by atoms with Crippen molar-refractivity contribution in [2.45, 2.75) is 23.8 Å². The van der Waals surface area contributed by atoms with E-state index in [4.69, 9.17) is 5.73 Å². The van der Waals surface area contributed by atoms with Crippen LogP contribution in [-0.2, 0) is 4.79 Å². The Morgan fingerprint density at radius 2 is 2.09 bits per heavy atom. The summed E-state index contributed by atoms with van der Waals surface area (Å²) in [6, 6.07) is 14.1. The van der Waals surface area contributed by atoms with Crippen molar-refractivity contribution >= 4 is 17.7 Å². The number of nitrogens with two attached hydrogens (primary N) is 1. The summed E-state index contributed by atoms with van der Waals surface area (Å²) in [6.45, 7) is 0. The molecule has 1 fully saturated rings. The highest BCUT2D eigenvalue weighted by atomic mass is 32.2. The maximum atomic E-state index is 11.0. The summed E-state index contributed by atoms with van der Waals surface area (Å²) in [4.78, 5) is 15.6. The van der Waals surface area contributed by atoms with Crippen LogP contribution in [-0.4, -0.2) is 16.6 Å². The summed E-state index contributed by atoms with van der Waals surface area (Å²) >= 11 is 1.24. The number of benzene rings is 1. The van der Waals surface area contributed by atoms with Crippen LogP contribution in [0.5, 0.6) is 0 Å². The number of primary amides is 1. The van der Waals surface area contributed by atoms with E-state index in [0.717, 1.165) is 29.7 Å². The molecule has 5 heteroatoms. The Morgan fingerprint density at radius 1 is 1.36 bits per heavy atom.